The lowest BCUT2D eigenvalue weighted by molar-refractivity contribution is 0.583. The van der Waals surface area contributed by atoms with Gasteiger partial charge in [-0.25, -0.2) is 8.78 Å². The van der Waals surface area contributed by atoms with Crippen molar-refractivity contribution in [2.75, 3.05) is 0 Å². The van der Waals surface area contributed by atoms with Crippen molar-refractivity contribution in [2.45, 2.75) is 18.8 Å². The predicted molar refractivity (Wildman–Crippen MR) is 63.7 cm³/mol. The van der Waals surface area contributed by atoms with Crippen LogP contribution in [0.1, 0.15) is 12.7 Å². The van der Waals surface area contributed by atoms with E-state index in [9.17, 15) is 8.78 Å². The van der Waals surface area contributed by atoms with Gasteiger partial charge in [0.05, 0.1) is 10.9 Å². The number of rotatable bonds is 3. The maximum atomic E-state index is 13.6. The molecule has 1 aromatic heterocycles. The number of hydrogen-bond donors (Lipinski definition) is 0. The molecule has 0 unspecified atom stereocenters. The second-order valence-electron chi connectivity index (χ2n) is 3.41. The maximum absolute atomic E-state index is 13.6. The van der Waals surface area contributed by atoms with E-state index in [1.54, 1.807) is 4.57 Å². The molecule has 90 valence electrons. The van der Waals surface area contributed by atoms with Gasteiger partial charge in [-0.15, -0.1) is 10.2 Å². The minimum atomic E-state index is -0.631. The molecular formula is C11H10BrF2N3. The molecule has 0 aliphatic rings. The molecule has 0 bridgehead atoms. The molecule has 0 radical (unpaired) electrons. The van der Waals surface area contributed by atoms with Gasteiger partial charge in [-0.2, -0.15) is 0 Å². The van der Waals surface area contributed by atoms with Gasteiger partial charge in [0, 0.05) is 6.54 Å². The zero-order valence-corrected chi connectivity index (χ0v) is 10.7. The number of halogens is 3. The van der Waals surface area contributed by atoms with E-state index in [1.165, 1.54) is 18.2 Å². The van der Waals surface area contributed by atoms with Crippen molar-refractivity contribution in [1.29, 1.82) is 0 Å². The third kappa shape index (κ3) is 2.09. The largest absolute Gasteiger partial charge is 0.310 e. The van der Waals surface area contributed by atoms with Crippen LogP contribution in [0.2, 0.25) is 0 Å². The van der Waals surface area contributed by atoms with Crippen molar-refractivity contribution in [3.05, 3.63) is 35.7 Å². The van der Waals surface area contributed by atoms with E-state index in [2.05, 4.69) is 26.1 Å². The van der Waals surface area contributed by atoms with Crippen LogP contribution < -0.4 is 0 Å². The van der Waals surface area contributed by atoms with Crippen molar-refractivity contribution in [2.24, 2.45) is 0 Å². The molecule has 17 heavy (non-hydrogen) atoms. The third-order valence-corrected chi connectivity index (χ3v) is 2.95. The smallest absolute Gasteiger partial charge is 0.169 e. The van der Waals surface area contributed by atoms with E-state index in [4.69, 9.17) is 0 Å². The Bertz CT molecular complexity index is 519. The molecule has 1 heterocycles. The molecule has 0 aliphatic heterocycles. The fourth-order valence-corrected chi connectivity index (χ4v) is 2.08. The molecule has 2 rings (SSSR count). The van der Waals surface area contributed by atoms with E-state index in [-0.39, 0.29) is 11.4 Å². The predicted octanol–water partition coefficient (Wildman–Crippen LogP) is 3.14. The molecule has 0 aliphatic carbocycles. The highest BCUT2D eigenvalue weighted by molar-refractivity contribution is 9.08. The zero-order valence-electron chi connectivity index (χ0n) is 9.12. The van der Waals surface area contributed by atoms with Crippen molar-refractivity contribution >= 4 is 15.9 Å². The Balaban J connectivity index is 2.64. The number of aromatic nitrogens is 3. The first-order valence-corrected chi connectivity index (χ1v) is 6.23. The van der Waals surface area contributed by atoms with Gasteiger partial charge in [0.1, 0.15) is 17.5 Å². The van der Waals surface area contributed by atoms with Gasteiger partial charge in [0.2, 0.25) is 0 Å². The molecule has 2 aromatic rings. The highest BCUT2D eigenvalue weighted by Crippen LogP contribution is 2.25. The summed E-state index contributed by atoms with van der Waals surface area (Å²) >= 11 is 3.26. The third-order valence-electron chi connectivity index (χ3n) is 2.45. The lowest BCUT2D eigenvalue weighted by atomic mass is 10.2. The van der Waals surface area contributed by atoms with Crippen LogP contribution in [0, 0.1) is 11.6 Å². The van der Waals surface area contributed by atoms with Crippen molar-refractivity contribution in [3.8, 4) is 11.4 Å². The number of nitrogens with zero attached hydrogens (tertiary/aromatic N) is 3. The number of hydrogen-bond acceptors (Lipinski definition) is 2. The van der Waals surface area contributed by atoms with Gasteiger partial charge in [-0.3, -0.25) is 0 Å². The summed E-state index contributed by atoms with van der Waals surface area (Å²) in [6, 6.07) is 3.74. The van der Waals surface area contributed by atoms with E-state index >= 15 is 0 Å². The molecule has 0 spiro atoms. The summed E-state index contributed by atoms with van der Waals surface area (Å²) in [4.78, 5) is 0. The SMILES string of the molecule is CCn1c(CBr)nnc1-c1c(F)cccc1F. The molecule has 1 aromatic carbocycles. The monoisotopic (exact) mass is 301 g/mol. The summed E-state index contributed by atoms with van der Waals surface area (Å²) in [6.07, 6.45) is 0. The van der Waals surface area contributed by atoms with Crippen LogP contribution in [-0.4, -0.2) is 14.8 Å². The molecule has 0 amide bonds. The van der Waals surface area contributed by atoms with Gasteiger partial charge >= 0.3 is 0 Å². The van der Waals surface area contributed by atoms with E-state index in [0.717, 1.165) is 0 Å². The zero-order chi connectivity index (χ0) is 12.4. The Morgan fingerprint density at radius 2 is 1.88 bits per heavy atom. The summed E-state index contributed by atoms with van der Waals surface area (Å²) in [5.74, 6) is -0.399. The van der Waals surface area contributed by atoms with Crippen LogP contribution in [0.4, 0.5) is 8.78 Å². The van der Waals surface area contributed by atoms with Crippen LogP contribution in [-0.2, 0) is 11.9 Å². The van der Waals surface area contributed by atoms with Crippen molar-refractivity contribution in [1.82, 2.24) is 14.8 Å². The topological polar surface area (TPSA) is 30.7 Å². The highest BCUT2D eigenvalue weighted by Gasteiger charge is 2.18. The Labute approximate surface area is 106 Å². The second-order valence-corrected chi connectivity index (χ2v) is 3.98. The number of alkyl halides is 1. The molecule has 0 atom stereocenters. The van der Waals surface area contributed by atoms with E-state index in [1.807, 2.05) is 6.92 Å². The first-order valence-electron chi connectivity index (χ1n) is 5.11. The fourth-order valence-electron chi connectivity index (χ4n) is 1.66. The van der Waals surface area contributed by atoms with Gasteiger partial charge in [0.25, 0.3) is 0 Å². The van der Waals surface area contributed by atoms with Gasteiger partial charge in [0.15, 0.2) is 5.82 Å². The standard InChI is InChI=1S/C11H10BrF2N3/c1-2-17-9(6-12)15-16-11(17)10-7(13)4-3-5-8(10)14/h3-5H,2,6H2,1H3. The first kappa shape index (κ1) is 12.2. The fraction of sp³-hybridized carbons (Fsp3) is 0.273. The average molecular weight is 302 g/mol. The maximum Gasteiger partial charge on any atom is 0.169 e. The van der Waals surface area contributed by atoms with Crippen LogP contribution in [0.3, 0.4) is 0 Å². The Kier molecular flexibility index (Phi) is 3.51. The van der Waals surface area contributed by atoms with E-state index in [0.29, 0.717) is 17.7 Å². The van der Waals surface area contributed by atoms with Crippen molar-refractivity contribution in [3.63, 3.8) is 0 Å². The second kappa shape index (κ2) is 4.91. The van der Waals surface area contributed by atoms with E-state index < -0.39 is 11.6 Å². The lowest BCUT2D eigenvalue weighted by Crippen LogP contribution is -2.04. The molecule has 3 nitrogen and oxygen atoms in total. The van der Waals surface area contributed by atoms with Crippen LogP contribution in [0.15, 0.2) is 18.2 Å². The lowest BCUT2D eigenvalue weighted by Gasteiger charge is -2.07. The summed E-state index contributed by atoms with van der Waals surface area (Å²) in [6.45, 7) is 2.43. The minimum absolute atomic E-state index is 0.131. The first-order chi connectivity index (χ1) is 8.19. The minimum Gasteiger partial charge on any atom is -0.310 e. The summed E-state index contributed by atoms with van der Waals surface area (Å²) in [5, 5.41) is 8.24. The average Bonchev–Trinajstić information content (AvgIpc) is 2.71. The Morgan fingerprint density at radius 3 is 2.41 bits per heavy atom. The summed E-state index contributed by atoms with van der Waals surface area (Å²) in [5.41, 5.74) is -0.131. The van der Waals surface area contributed by atoms with Crippen LogP contribution in [0.5, 0.6) is 0 Å². The number of benzene rings is 1. The summed E-state index contributed by atoms with van der Waals surface area (Å²) < 4.78 is 28.9. The van der Waals surface area contributed by atoms with Crippen LogP contribution >= 0.6 is 15.9 Å². The van der Waals surface area contributed by atoms with Crippen LogP contribution in [0.25, 0.3) is 11.4 Å². The van der Waals surface area contributed by atoms with Gasteiger partial charge in [-0.05, 0) is 19.1 Å². The van der Waals surface area contributed by atoms with Gasteiger partial charge < -0.3 is 4.57 Å². The quantitative estimate of drug-likeness (QED) is 0.816. The molecule has 0 N–H and O–H groups in total. The Hall–Kier alpha value is -1.30. The van der Waals surface area contributed by atoms with Crippen molar-refractivity contribution < 1.29 is 8.78 Å². The Morgan fingerprint density at radius 1 is 1.24 bits per heavy atom. The molecular weight excluding hydrogens is 292 g/mol. The molecule has 0 saturated carbocycles. The summed E-state index contributed by atoms with van der Waals surface area (Å²) in [7, 11) is 0. The highest BCUT2D eigenvalue weighted by atomic mass is 79.9. The molecule has 0 fully saturated rings. The molecule has 6 heteroatoms. The molecule has 0 saturated heterocycles. The normalized spacial score (nSPS) is 10.8. The van der Waals surface area contributed by atoms with Gasteiger partial charge in [-0.1, -0.05) is 22.0 Å².